The lowest BCUT2D eigenvalue weighted by molar-refractivity contribution is -0.140. The van der Waals surface area contributed by atoms with Crippen molar-refractivity contribution in [2.45, 2.75) is 26.7 Å². The average Bonchev–Trinajstić information content (AvgIpc) is 2.36. The van der Waals surface area contributed by atoms with Gasteiger partial charge in [0, 0.05) is 12.0 Å². The molecule has 0 aliphatic carbocycles. The molecule has 0 saturated carbocycles. The smallest absolute Gasteiger partial charge is 0.325 e. The fraction of sp³-hybridized carbons (Fsp3) is 0.545. The molecule has 0 spiro atoms. The Morgan fingerprint density at radius 2 is 2.11 bits per heavy atom. The molecule has 0 aliphatic rings. The number of anilines is 2. The number of carbonyl (C=O) groups excluding carboxylic acids is 1. The molecule has 0 bridgehead atoms. The third-order valence-electron chi connectivity index (χ3n) is 2.13. The van der Waals surface area contributed by atoms with Gasteiger partial charge in [0.2, 0.25) is 0 Å². The molecule has 0 aromatic carbocycles. The molecule has 0 atom stereocenters. The second-order valence-electron chi connectivity index (χ2n) is 3.95. The quantitative estimate of drug-likeness (QED) is 0.392. The van der Waals surface area contributed by atoms with Gasteiger partial charge in [-0.3, -0.25) is 4.79 Å². The predicted octanol–water partition coefficient (Wildman–Crippen LogP) is 0.861. The SMILES string of the molecule is CCOC(=O)CNc1cc(NN)nc(C(C)C)n1. The highest BCUT2D eigenvalue weighted by Crippen LogP contribution is 2.16. The van der Waals surface area contributed by atoms with Crippen molar-refractivity contribution >= 4 is 17.6 Å². The summed E-state index contributed by atoms with van der Waals surface area (Å²) >= 11 is 0. The van der Waals surface area contributed by atoms with E-state index in [1.54, 1.807) is 13.0 Å². The molecule has 1 aromatic rings. The summed E-state index contributed by atoms with van der Waals surface area (Å²) in [4.78, 5) is 19.7. The molecule has 0 amide bonds. The van der Waals surface area contributed by atoms with Gasteiger partial charge in [-0.2, -0.15) is 0 Å². The Hall–Kier alpha value is -1.89. The summed E-state index contributed by atoms with van der Waals surface area (Å²) in [5.74, 6) is 6.86. The van der Waals surface area contributed by atoms with Gasteiger partial charge in [-0.1, -0.05) is 13.8 Å². The van der Waals surface area contributed by atoms with E-state index in [1.165, 1.54) is 0 Å². The second-order valence-corrected chi connectivity index (χ2v) is 3.95. The van der Waals surface area contributed by atoms with Crippen molar-refractivity contribution < 1.29 is 9.53 Å². The number of nitrogens with one attached hydrogen (secondary N) is 2. The lowest BCUT2D eigenvalue weighted by Gasteiger charge is -2.10. The number of hydrogen-bond donors (Lipinski definition) is 3. The molecule has 7 heteroatoms. The third kappa shape index (κ3) is 4.17. The summed E-state index contributed by atoms with van der Waals surface area (Å²) in [6, 6.07) is 1.63. The van der Waals surface area contributed by atoms with Crippen LogP contribution in [0.1, 0.15) is 32.5 Å². The van der Waals surface area contributed by atoms with Crippen LogP contribution in [0.2, 0.25) is 0 Å². The van der Waals surface area contributed by atoms with Crippen LogP contribution in [0.25, 0.3) is 0 Å². The van der Waals surface area contributed by atoms with Gasteiger partial charge in [0.25, 0.3) is 0 Å². The molecule has 1 heterocycles. The van der Waals surface area contributed by atoms with Gasteiger partial charge in [0.1, 0.15) is 24.0 Å². The zero-order valence-electron chi connectivity index (χ0n) is 10.9. The third-order valence-corrected chi connectivity index (χ3v) is 2.13. The number of esters is 1. The van der Waals surface area contributed by atoms with E-state index in [9.17, 15) is 4.79 Å². The maximum absolute atomic E-state index is 11.2. The van der Waals surface area contributed by atoms with Crippen molar-refractivity contribution in [2.24, 2.45) is 5.84 Å². The second kappa shape index (κ2) is 6.75. The minimum absolute atomic E-state index is 0.0619. The Morgan fingerprint density at radius 1 is 1.44 bits per heavy atom. The van der Waals surface area contributed by atoms with E-state index < -0.39 is 0 Å². The Labute approximate surface area is 106 Å². The molecular formula is C11H19N5O2. The largest absolute Gasteiger partial charge is 0.465 e. The summed E-state index contributed by atoms with van der Waals surface area (Å²) < 4.78 is 4.81. The number of nitrogen functional groups attached to an aromatic ring is 1. The minimum Gasteiger partial charge on any atom is -0.465 e. The summed E-state index contributed by atoms with van der Waals surface area (Å²) in [5, 5.41) is 2.88. The standard InChI is InChI=1S/C11H19N5O2/c1-4-18-10(17)6-13-8-5-9(16-12)15-11(14-8)7(2)3/h5,7H,4,6,12H2,1-3H3,(H2,13,14,15,16). The molecule has 0 aliphatic heterocycles. The predicted molar refractivity (Wildman–Crippen MR) is 69.1 cm³/mol. The molecular weight excluding hydrogens is 234 g/mol. The Balaban J connectivity index is 2.75. The molecule has 0 fully saturated rings. The van der Waals surface area contributed by atoms with Gasteiger partial charge in [-0.25, -0.2) is 15.8 Å². The first kappa shape index (κ1) is 14.2. The van der Waals surface area contributed by atoms with Gasteiger partial charge >= 0.3 is 5.97 Å². The molecule has 0 unspecified atom stereocenters. The van der Waals surface area contributed by atoms with Crippen LogP contribution in [-0.2, 0) is 9.53 Å². The number of ether oxygens (including phenoxy) is 1. The fourth-order valence-electron chi connectivity index (χ4n) is 1.26. The van der Waals surface area contributed by atoms with Crippen LogP contribution in [-0.4, -0.2) is 29.1 Å². The molecule has 0 radical (unpaired) electrons. The molecule has 0 saturated heterocycles. The molecule has 1 aromatic heterocycles. The van der Waals surface area contributed by atoms with Crippen molar-refractivity contribution in [1.82, 2.24) is 9.97 Å². The zero-order chi connectivity index (χ0) is 13.5. The molecule has 1 rings (SSSR count). The molecule has 4 N–H and O–H groups in total. The number of nitrogens with zero attached hydrogens (tertiary/aromatic N) is 2. The van der Waals surface area contributed by atoms with Gasteiger partial charge in [0.05, 0.1) is 6.61 Å². The summed E-state index contributed by atoms with van der Waals surface area (Å²) in [5.41, 5.74) is 2.47. The lowest BCUT2D eigenvalue weighted by atomic mass is 10.2. The summed E-state index contributed by atoms with van der Waals surface area (Å²) in [6.07, 6.45) is 0. The van der Waals surface area contributed by atoms with E-state index in [-0.39, 0.29) is 18.4 Å². The van der Waals surface area contributed by atoms with Crippen molar-refractivity contribution in [2.75, 3.05) is 23.9 Å². The Morgan fingerprint density at radius 3 is 2.67 bits per heavy atom. The number of hydrogen-bond acceptors (Lipinski definition) is 7. The molecule has 18 heavy (non-hydrogen) atoms. The summed E-state index contributed by atoms with van der Waals surface area (Å²) in [6.45, 7) is 6.13. The van der Waals surface area contributed by atoms with Crippen LogP contribution < -0.4 is 16.6 Å². The van der Waals surface area contributed by atoms with Crippen LogP contribution in [0.15, 0.2) is 6.07 Å². The first-order valence-electron chi connectivity index (χ1n) is 5.81. The summed E-state index contributed by atoms with van der Waals surface area (Å²) in [7, 11) is 0. The van der Waals surface area contributed by atoms with Gasteiger partial charge in [-0.15, -0.1) is 0 Å². The maximum atomic E-state index is 11.2. The van der Waals surface area contributed by atoms with Gasteiger partial charge in [0.15, 0.2) is 0 Å². The molecule has 7 nitrogen and oxygen atoms in total. The van der Waals surface area contributed by atoms with E-state index in [0.29, 0.717) is 24.1 Å². The van der Waals surface area contributed by atoms with Gasteiger partial charge in [-0.05, 0) is 6.92 Å². The van der Waals surface area contributed by atoms with Crippen LogP contribution in [0.3, 0.4) is 0 Å². The van der Waals surface area contributed by atoms with E-state index in [2.05, 4.69) is 20.7 Å². The van der Waals surface area contributed by atoms with Gasteiger partial charge < -0.3 is 15.5 Å². The van der Waals surface area contributed by atoms with E-state index in [0.717, 1.165) is 0 Å². The number of hydrazine groups is 1. The van der Waals surface area contributed by atoms with Crippen molar-refractivity contribution in [3.63, 3.8) is 0 Å². The maximum Gasteiger partial charge on any atom is 0.325 e. The zero-order valence-corrected chi connectivity index (χ0v) is 10.9. The fourth-order valence-corrected chi connectivity index (χ4v) is 1.26. The number of carbonyl (C=O) groups is 1. The van der Waals surface area contributed by atoms with Crippen molar-refractivity contribution in [3.8, 4) is 0 Å². The Kier molecular flexibility index (Phi) is 5.31. The minimum atomic E-state index is -0.329. The normalized spacial score (nSPS) is 10.3. The highest BCUT2D eigenvalue weighted by Gasteiger charge is 2.08. The van der Waals surface area contributed by atoms with E-state index in [1.807, 2.05) is 13.8 Å². The average molecular weight is 253 g/mol. The molecule has 100 valence electrons. The van der Waals surface area contributed by atoms with E-state index >= 15 is 0 Å². The van der Waals surface area contributed by atoms with Crippen LogP contribution in [0.5, 0.6) is 0 Å². The topological polar surface area (TPSA) is 102 Å². The van der Waals surface area contributed by atoms with Crippen molar-refractivity contribution in [1.29, 1.82) is 0 Å². The van der Waals surface area contributed by atoms with Crippen molar-refractivity contribution in [3.05, 3.63) is 11.9 Å². The highest BCUT2D eigenvalue weighted by molar-refractivity contribution is 5.74. The van der Waals surface area contributed by atoms with Crippen LogP contribution >= 0.6 is 0 Å². The van der Waals surface area contributed by atoms with Crippen LogP contribution in [0, 0.1) is 0 Å². The number of nitrogens with two attached hydrogens (primary N) is 1. The highest BCUT2D eigenvalue weighted by atomic mass is 16.5. The van der Waals surface area contributed by atoms with E-state index in [4.69, 9.17) is 10.6 Å². The first-order valence-corrected chi connectivity index (χ1v) is 5.81. The monoisotopic (exact) mass is 253 g/mol. The Bertz CT molecular complexity index is 408. The lowest BCUT2D eigenvalue weighted by Crippen LogP contribution is -2.19. The first-order chi connectivity index (χ1) is 8.56. The number of rotatable bonds is 6. The van der Waals surface area contributed by atoms with Crippen LogP contribution in [0.4, 0.5) is 11.6 Å². The number of aromatic nitrogens is 2.